The molecule has 0 aromatic heterocycles. The van der Waals surface area contributed by atoms with Crippen molar-refractivity contribution in [2.45, 2.75) is 72.3 Å². The molecule has 0 bridgehead atoms. The van der Waals surface area contributed by atoms with Crippen LogP contribution in [0.2, 0.25) is 0 Å². The first kappa shape index (κ1) is 22.5. The normalized spacial score (nSPS) is 20.4. The maximum absolute atomic E-state index is 5.72. The molecule has 2 atom stereocenters. The van der Waals surface area contributed by atoms with Crippen molar-refractivity contribution in [1.82, 2.24) is 10.2 Å². The highest BCUT2D eigenvalue weighted by Gasteiger charge is 2.24. The first-order valence-corrected chi connectivity index (χ1v) is 11.3. The minimum Gasteiger partial charge on any atom is -0.369 e. The summed E-state index contributed by atoms with van der Waals surface area (Å²) in [7, 11) is 0. The van der Waals surface area contributed by atoms with E-state index in [-0.39, 0.29) is 0 Å². The molecule has 1 N–H and O–H groups in total. The third kappa shape index (κ3) is 10.5. The predicted octanol–water partition coefficient (Wildman–Crippen LogP) is 5.52. The molecule has 2 nitrogen and oxygen atoms in total. The molecule has 0 amide bonds. The van der Waals surface area contributed by atoms with E-state index < -0.39 is 0 Å². The third-order valence-corrected chi connectivity index (χ3v) is 6.16. The Labute approximate surface area is 169 Å². The van der Waals surface area contributed by atoms with E-state index in [0.717, 1.165) is 41.9 Å². The molecule has 2 unspecified atom stereocenters. The molecule has 1 rings (SSSR count). The van der Waals surface area contributed by atoms with E-state index in [2.05, 4.69) is 50.5 Å². The summed E-state index contributed by atoms with van der Waals surface area (Å²) in [5.74, 6) is 1.87. The second-order valence-corrected chi connectivity index (χ2v) is 11.1. The summed E-state index contributed by atoms with van der Waals surface area (Å²) in [5, 5.41) is 3.17. The monoisotopic (exact) mass is 406 g/mol. The van der Waals surface area contributed by atoms with Gasteiger partial charge in [0.2, 0.25) is 0 Å². The third-order valence-electron chi connectivity index (χ3n) is 4.31. The van der Waals surface area contributed by atoms with Gasteiger partial charge in [0.1, 0.15) is 8.64 Å². The summed E-state index contributed by atoms with van der Waals surface area (Å²) in [6.07, 6.45) is 7.52. The van der Waals surface area contributed by atoms with Gasteiger partial charge in [-0.15, -0.1) is 12.6 Å². The van der Waals surface area contributed by atoms with Gasteiger partial charge in [0.25, 0.3) is 0 Å². The number of likely N-dealkylation sites (tertiary alicyclic amines) is 1. The number of nitrogens with zero attached hydrogens (tertiary/aromatic N) is 1. The maximum atomic E-state index is 5.72. The average molecular weight is 407 g/mol. The summed E-state index contributed by atoms with van der Waals surface area (Å²) in [5.41, 5.74) is 0.409. The van der Waals surface area contributed by atoms with Crippen LogP contribution in [-0.4, -0.2) is 38.4 Å². The molecular weight excluding hydrogens is 372 g/mol. The summed E-state index contributed by atoms with van der Waals surface area (Å²) in [4.78, 5) is 2.47. The number of hydrogen-bond acceptors (Lipinski definition) is 3. The van der Waals surface area contributed by atoms with Crippen LogP contribution in [0, 0.1) is 11.3 Å². The average Bonchev–Trinajstić information content (AvgIpc) is 2.66. The van der Waals surface area contributed by atoms with Crippen LogP contribution in [0.1, 0.15) is 66.2 Å². The van der Waals surface area contributed by atoms with Gasteiger partial charge in [-0.1, -0.05) is 63.4 Å². The second-order valence-electron chi connectivity index (χ2n) is 8.18. The predicted molar refractivity (Wildman–Crippen MR) is 121 cm³/mol. The van der Waals surface area contributed by atoms with Gasteiger partial charge in [-0.05, 0) is 50.4 Å². The Balaban J connectivity index is 2.33. The Morgan fingerprint density at radius 3 is 2.67 bits per heavy atom. The molecular formula is C18H34N2S4. The highest BCUT2D eigenvalue weighted by Crippen LogP contribution is 2.30. The molecule has 0 aromatic rings. The van der Waals surface area contributed by atoms with Gasteiger partial charge in [-0.25, -0.2) is 0 Å². The number of thioether (sulfide) groups is 1. The number of thiol groups is 1. The van der Waals surface area contributed by atoms with Crippen LogP contribution in [-0.2, 0) is 0 Å². The Morgan fingerprint density at radius 1 is 1.33 bits per heavy atom. The molecule has 24 heavy (non-hydrogen) atoms. The maximum Gasteiger partial charge on any atom is 0.136 e. The lowest BCUT2D eigenvalue weighted by atomic mass is 9.83. The van der Waals surface area contributed by atoms with Crippen molar-refractivity contribution in [2.24, 2.45) is 11.3 Å². The summed E-state index contributed by atoms with van der Waals surface area (Å²) in [6, 6.07) is 0.388. The van der Waals surface area contributed by atoms with Gasteiger partial charge >= 0.3 is 0 Å². The van der Waals surface area contributed by atoms with E-state index >= 15 is 0 Å². The molecule has 1 saturated heterocycles. The second kappa shape index (κ2) is 11.2. The Hall–Kier alpha value is 0.480. The van der Waals surface area contributed by atoms with Crippen molar-refractivity contribution in [3.05, 3.63) is 0 Å². The fraction of sp³-hybridized carbons (Fsp3) is 0.889. The van der Waals surface area contributed by atoms with Crippen molar-refractivity contribution in [3.63, 3.8) is 0 Å². The molecule has 0 radical (unpaired) electrons. The lowest BCUT2D eigenvalue weighted by molar-refractivity contribution is 0.256. The smallest absolute Gasteiger partial charge is 0.136 e. The summed E-state index contributed by atoms with van der Waals surface area (Å²) in [6.45, 7) is 11.5. The largest absolute Gasteiger partial charge is 0.369 e. The Kier molecular flexibility index (Phi) is 10.6. The van der Waals surface area contributed by atoms with Crippen LogP contribution in [0.25, 0.3) is 0 Å². The number of hydrogen-bond donors (Lipinski definition) is 2. The van der Waals surface area contributed by atoms with Crippen LogP contribution < -0.4 is 5.32 Å². The quantitative estimate of drug-likeness (QED) is 0.342. The summed E-state index contributed by atoms with van der Waals surface area (Å²) < 4.78 is 1.68. The molecule has 0 aliphatic carbocycles. The first-order valence-electron chi connectivity index (χ1n) is 9.08. The van der Waals surface area contributed by atoms with Crippen molar-refractivity contribution in [1.29, 1.82) is 0 Å². The fourth-order valence-electron chi connectivity index (χ4n) is 3.35. The van der Waals surface area contributed by atoms with Crippen LogP contribution in [0.5, 0.6) is 0 Å². The molecule has 140 valence electrons. The number of rotatable bonds is 6. The lowest BCUT2D eigenvalue weighted by Gasteiger charge is -2.30. The SMILES string of the molecule is CC(CCCSC(=S)N1CCCCC(CC(C)(C)C)C1)NC(=S)S. The van der Waals surface area contributed by atoms with Crippen LogP contribution >= 0.6 is 48.8 Å². The molecule has 0 saturated carbocycles. The van der Waals surface area contributed by atoms with E-state index in [1.807, 2.05) is 11.8 Å². The van der Waals surface area contributed by atoms with Crippen molar-refractivity contribution in [2.75, 3.05) is 18.8 Å². The molecule has 6 heteroatoms. The van der Waals surface area contributed by atoms with Gasteiger partial charge in [0.15, 0.2) is 0 Å². The molecule has 0 spiro atoms. The fourth-order valence-corrected chi connectivity index (χ4v) is 5.02. The van der Waals surface area contributed by atoms with E-state index in [9.17, 15) is 0 Å². The molecule has 1 aliphatic heterocycles. The lowest BCUT2D eigenvalue weighted by Crippen LogP contribution is -2.33. The molecule has 1 heterocycles. The van der Waals surface area contributed by atoms with Crippen molar-refractivity contribution in [3.8, 4) is 0 Å². The molecule has 1 fully saturated rings. The Bertz CT molecular complexity index is 406. The highest BCUT2D eigenvalue weighted by atomic mass is 32.2. The van der Waals surface area contributed by atoms with Crippen LogP contribution in [0.4, 0.5) is 0 Å². The number of nitrogens with one attached hydrogen (secondary N) is 1. The molecule has 0 aromatic carbocycles. The van der Waals surface area contributed by atoms with Crippen LogP contribution in [0.3, 0.4) is 0 Å². The van der Waals surface area contributed by atoms with E-state index in [1.165, 1.54) is 25.7 Å². The van der Waals surface area contributed by atoms with Gasteiger partial charge < -0.3 is 10.2 Å². The van der Waals surface area contributed by atoms with Crippen molar-refractivity contribution >= 4 is 57.5 Å². The van der Waals surface area contributed by atoms with Crippen molar-refractivity contribution < 1.29 is 0 Å². The van der Waals surface area contributed by atoms with E-state index in [4.69, 9.17) is 24.4 Å². The topological polar surface area (TPSA) is 15.3 Å². The van der Waals surface area contributed by atoms with E-state index in [1.54, 1.807) is 0 Å². The minimum absolute atomic E-state index is 0.388. The Morgan fingerprint density at radius 2 is 2.04 bits per heavy atom. The first-order chi connectivity index (χ1) is 11.2. The van der Waals surface area contributed by atoms with Gasteiger partial charge in [-0.2, -0.15) is 0 Å². The number of thiocarbonyl (C=S) groups is 2. The van der Waals surface area contributed by atoms with Gasteiger partial charge in [-0.3, -0.25) is 0 Å². The highest BCUT2D eigenvalue weighted by molar-refractivity contribution is 8.22. The van der Waals surface area contributed by atoms with E-state index in [0.29, 0.717) is 15.8 Å². The van der Waals surface area contributed by atoms with Crippen LogP contribution in [0.15, 0.2) is 0 Å². The zero-order valence-electron chi connectivity index (χ0n) is 15.6. The zero-order valence-corrected chi connectivity index (χ0v) is 19.0. The zero-order chi connectivity index (χ0) is 18.2. The minimum atomic E-state index is 0.388. The summed E-state index contributed by atoms with van der Waals surface area (Å²) >= 11 is 16.6. The van der Waals surface area contributed by atoms with Gasteiger partial charge in [0, 0.05) is 24.9 Å². The standard InChI is InChI=1S/C18H34N2S4/c1-14(19-16(21)22)8-7-11-24-17(23)20-10-6-5-9-15(13-20)12-18(2,3)4/h14-15H,5-13H2,1-4H3,(H2,19,21,22). The molecule has 1 aliphatic rings. The van der Waals surface area contributed by atoms with Gasteiger partial charge in [0.05, 0.1) is 0 Å².